The Balaban J connectivity index is 0.000000312. The molecule has 1 amide bonds. The van der Waals surface area contributed by atoms with Crippen molar-refractivity contribution in [3.63, 3.8) is 0 Å². The summed E-state index contributed by atoms with van der Waals surface area (Å²) in [4.78, 5) is 34.2. The largest absolute Gasteiger partial charge is 0.478 e. The molecule has 2 atom stereocenters. The first-order valence-electron chi connectivity index (χ1n) is 10.9. The molecular weight excluding hydrogens is 410 g/mol. The number of amides is 1. The number of carbonyl (C=O) groups is 3. The molecule has 8 nitrogen and oxygen atoms in total. The van der Waals surface area contributed by atoms with E-state index in [0.29, 0.717) is 36.7 Å². The highest BCUT2D eigenvalue weighted by Crippen LogP contribution is 2.32. The fraction of sp³-hybridized carbons (Fsp3) is 0.458. The summed E-state index contributed by atoms with van der Waals surface area (Å²) in [6.45, 7) is 0. The highest BCUT2D eigenvalue weighted by molar-refractivity contribution is 5.89. The molecule has 8 heteroatoms. The molecule has 1 aromatic heterocycles. The molecule has 2 aromatic rings. The van der Waals surface area contributed by atoms with Gasteiger partial charge in [-0.15, -0.1) is 0 Å². The molecule has 2 fully saturated rings. The molecule has 2 bridgehead atoms. The summed E-state index contributed by atoms with van der Waals surface area (Å²) in [5, 5.41) is 20.1. The third-order valence-corrected chi connectivity index (χ3v) is 6.47. The van der Waals surface area contributed by atoms with Crippen molar-refractivity contribution in [1.82, 2.24) is 14.8 Å². The fourth-order valence-electron chi connectivity index (χ4n) is 4.84. The third-order valence-electron chi connectivity index (χ3n) is 6.47. The van der Waals surface area contributed by atoms with Crippen LogP contribution in [-0.2, 0) is 27.9 Å². The molecular formula is C24H31N3O5. The minimum atomic E-state index is -1.26. The standard InChI is InChI=1S/C20H27N3O.C4H4O4/c1-22-16-7-5-8-17(22)12-15(11-16)21-20(24)13-18-10-14-6-3-4-9-19(14)23(18)2;5-3(6)1-2-4(7)8/h3-4,6,9-10,15-17H,5,7-8,11-13H2,1-2H3,(H,21,24);1-2H,(H,5,6)(H,7,8)/b;2-1-. The van der Waals surface area contributed by atoms with Crippen molar-refractivity contribution in [3.8, 4) is 0 Å². The number of fused-ring (bicyclic) bond motifs is 3. The first-order chi connectivity index (χ1) is 15.2. The van der Waals surface area contributed by atoms with Crippen molar-refractivity contribution in [3.05, 3.63) is 48.2 Å². The van der Waals surface area contributed by atoms with Crippen LogP contribution in [0.3, 0.4) is 0 Å². The van der Waals surface area contributed by atoms with Crippen LogP contribution in [0, 0.1) is 0 Å². The van der Waals surface area contributed by atoms with Crippen molar-refractivity contribution < 1.29 is 24.6 Å². The maximum absolute atomic E-state index is 12.6. The van der Waals surface area contributed by atoms with E-state index in [9.17, 15) is 14.4 Å². The Morgan fingerprint density at radius 2 is 1.62 bits per heavy atom. The number of hydrogen-bond acceptors (Lipinski definition) is 4. The molecule has 3 N–H and O–H groups in total. The number of rotatable bonds is 5. The number of carbonyl (C=O) groups excluding carboxylic acids is 1. The average Bonchev–Trinajstić information content (AvgIpc) is 3.03. The van der Waals surface area contributed by atoms with E-state index in [2.05, 4.69) is 40.0 Å². The van der Waals surface area contributed by atoms with Crippen LogP contribution in [0.15, 0.2) is 42.5 Å². The summed E-state index contributed by atoms with van der Waals surface area (Å²) in [5.41, 5.74) is 2.27. The number of aryl methyl sites for hydroxylation is 1. The number of piperidine rings is 2. The second kappa shape index (κ2) is 10.5. The topological polar surface area (TPSA) is 112 Å². The molecule has 172 valence electrons. The summed E-state index contributed by atoms with van der Waals surface area (Å²) < 4.78 is 2.14. The van der Waals surface area contributed by atoms with Crippen LogP contribution < -0.4 is 5.32 Å². The zero-order valence-electron chi connectivity index (χ0n) is 18.5. The fourth-order valence-corrected chi connectivity index (χ4v) is 4.84. The van der Waals surface area contributed by atoms with Gasteiger partial charge in [0.15, 0.2) is 0 Å². The van der Waals surface area contributed by atoms with Crippen LogP contribution in [0.2, 0.25) is 0 Å². The number of hydrogen-bond donors (Lipinski definition) is 3. The van der Waals surface area contributed by atoms with Crippen LogP contribution in [0.1, 0.15) is 37.8 Å². The molecule has 0 spiro atoms. The Morgan fingerprint density at radius 1 is 1.03 bits per heavy atom. The predicted octanol–water partition coefficient (Wildman–Crippen LogP) is 2.56. The zero-order valence-corrected chi connectivity index (χ0v) is 18.5. The molecule has 1 aromatic carbocycles. The van der Waals surface area contributed by atoms with Gasteiger partial charge in [0, 0.05) is 48.5 Å². The molecule has 2 aliphatic heterocycles. The number of nitrogens with zero attached hydrogens (tertiary/aromatic N) is 2. The van der Waals surface area contributed by atoms with Gasteiger partial charge in [0.05, 0.1) is 6.42 Å². The average molecular weight is 442 g/mol. The second-order valence-electron chi connectivity index (χ2n) is 8.58. The lowest BCUT2D eigenvalue weighted by atomic mass is 9.82. The second-order valence-corrected chi connectivity index (χ2v) is 8.58. The lowest BCUT2D eigenvalue weighted by molar-refractivity contribution is -0.134. The predicted molar refractivity (Wildman–Crippen MR) is 121 cm³/mol. The number of nitrogens with one attached hydrogen (secondary N) is 1. The maximum Gasteiger partial charge on any atom is 0.328 e. The quantitative estimate of drug-likeness (QED) is 0.615. The molecule has 2 saturated heterocycles. The molecule has 0 saturated carbocycles. The van der Waals surface area contributed by atoms with E-state index in [0.717, 1.165) is 18.5 Å². The van der Waals surface area contributed by atoms with Crippen LogP contribution in [0.4, 0.5) is 0 Å². The monoisotopic (exact) mass is 441 g/mol. The van der Waals surface area contributed by atoms with Gasteiger partial charge in [0.1, 0.15) is 0 Å². The molecule has 32 heavy (non-hydrogen) atoms. The Morgan fingerprint density at radius 3 is 2.19 bits per heavy atom. The normalized spacial score (nSPS) is 22.9. The van der Waals surface area contributed by atoms with Gasteiger partial charge < -0.3 is 25.0 Å². The third kappa shape index (κ3) is 5.97. The van der Waals surface area contributed by atoms with Gasteiger partial charge in [-0.25, -0.2) is 9.59 Å². The number of para-hydroxylation sites is 1. The smallest absolute Gasteiger partial charge is 0.328 e. The number of carboxylic acid groups (broad SMARTS) is 2. The van der Waals surface area contributed by atoms with E-state index in [4.69, 9.17) is 10.2 Å². The van der Waals surface area contributed by atoms with E-state index in [-0.39, 0.29) is 5.91 Å². The van der Waals surface area contributed by atoms with Crippen molar-refractivity contribution >= 4 is 28.7 Å². The van der Waals surface area contributed by atoms with E-state index >= 15 is 0 Å². The Labute approximate surface area is 187 Å². The van der Waals surface area contributed by atoms with E-state index < -0.39 is 11.9 Å². The summed E-state index contributed by atoms with van der Waals surface area (Å²) in [5.74, 6) is -2.35. The first-order valence-corrected chi connectivity index (χ1v) is 10.9. The van der Waals surface area contributed by atoms with Crippen LogP contribution in [0.5, 0.6) is 0 Å². The zero-order chi connectivity index (χ0) is 23.3. The number of aromatic nitrogens is 1. The highest BCUT2D eigenvalue weighted by Gasteiger charge is 2.36. The van der Waals surface area contributed by atoms with Crippen molar-refractivity contribution in [1.29, 1.82) is 0 Å². The van der Waals surface area contributed by atoms with E-state index in [1.807, 2.05) is 19.2 Å². The molecule has 3 heterocycles. The maximum atomic E-state index is 12.6. The van der Waals surface area contributed by atoms with Crippen molar-refractivity contribution in [2.75, 3.05) is 7.05 Å². The number of benzene rings is 1. The first kappa shape index (κ1) is 23.5. The lowest BCUT2D eigenvalue weighted by Crippen LogP contribution is -2.55. The number of aliphatic carboxylic acids is 2. The van der Waals surface area contributed by atoms with Gasteiger partial charge >= 0.3 is 11.9 Å². The highest BCUT2D eigenvalue weighted by atomic mass is 16.4. The summed E-state index contributed by atoms with van der Waals surface area (Å²) in [7, 11) is 4.30. The van der Waals surface area contributed by atoms with Gasteiger partial charge in [0.2, 0.25) is 5.91 Å². The molecule has 2 aliphatic rings. The van der Waals surface area contributed by atoms with Gasteiger partial charge in [-0.05, 0) is 50.2 Å². The van der Waals surface area contributed by atoms with Gasteiger partial charge in [0.25, 0.3) is 0 Å². The SMILES string of the molecule is CN1C2CCCC1CC(NC(=O)Cc1cc3ccccc3n1C)C2.O=C(O)/C=C\C(=O)O. The van der Waals surface area contributed by atoms with E-state index in [1.165, 1.54) is 30.2 Å². The lowest BCUT2D eigenvalue weighted by Gasteiger charge is -2.47. The summed E-state index contributed by atoms with van der Waals surface area (Å²) >= 11 is 0. The van der Waals surface area contributed by atoms with Crippen molar-refractivity contribution in [2.24, 2.45) is 7.05 Å². The number of carboxylic acids is 2. The van der Waals surface area contributed by atoms with Gasteiger partial charge in [-0.1, -0.05) is 24.6 Å². The van der Waals surface area contributed by atoms with Gasteiger partial charge in [-0.3, -0.25) is 4.79 Å². The molecule has 4 rings (SSSR count). The minimum Gasteiger partial charge on any atom is -0.478 e. The Hall–Kier alpha value is -3.13. The Bertz CT molecular complexity index is 982. The summed E-state index contributed by atoms with van der Waals surface area (Å²) in [6.07, 6.45) is 7.70. The van der Waals surface area contributed by atoms with Crippen molar-refractivity contribution in [2.45, 2.75) is 56.7 Å². The van der Waals surface area contributed by atoms with Gasteiger partial charge in [-0.2, -0.15) is 0 Å². The van der Waals surface area contributed by atoms with Crippen LogP contribution in [0.25, 0.3) is 10.9 Å². The van der Waals surface area contributed by atoms with Crippen LogP contribution in [-0.4, -0.2) is 62.7 Å². The molecule has 0 aliphatic carbocycles. The van der Waals surface area contributed by atoms with Crippen LogP contribution >= 0.6 is 0 Å². The van der Waals surface area contributed by atoms with E-state index in [1.54, 1.807) is 0 Å². The molecule has 2 unspecified atom stereocenters. The summed E-state index contributed by atoms with van der Waals surface area (Å²) in [6, 6.07) is 12.1. The Kier molecular flexibility index (Phi) is 7.69. The molecule has 0 radical (unpaired) electrons. The minimum absolute atomic E-state index is 0.161.